The maximum atomic E-state index is 12.1. The molecule has 1 aromatic carbocycles. The van der Waals surface area contributed by atoms with Crippen molar-refractivity contribution in [1.29, 1.82) is 0 Å². The number of nitrogens with one attached hydrogen (secondary N) is 2. The third-order valence-electron chi connectivity index (χ3n) is 2.46. The number of hydrogen-bond donors (Lipinski definition) is 3. The van der Waals surface area contributed by atoms with E-state index in [1.165, 1.54) is 6.07 Å². The second-order valence-electron chi connectivity index (χ2n) is 4.40. The molecule has 0 atom stereocenters. The Kier molecular flexibility index (Phi) is 6.03. The minimum Gasteiger partial charge on any atom is -0.377 e. The summed E-state index contributed by atoms with van der Waals surface area (Å²) < 4.78 is 31.7. The molecule has 1 aromatic rings. The molecule has 0 radical (unpaired) electrons. The number of anilines is 1. The van der Waals surface area contributed by atoms with E-state index in [9.17, 15) is 18.5 Å². The number of rotatable bonds is 8. The summed E-state index contributed by atoms with van der Waals surface area (Å²) in [5.41, 5.74) is 1.98. The van der Waals surface area contributed by atoms with Crippen LogP contribution in [0.2, 0.25) is 0 Å². The molecular formula is C11H18N4O5S. The van der Waals surface area contributed by atoms with Crippen LogP contribution in [0.15, 0.2) is 23.1 Å². The van der Waals surface area contributed by atoms with Gasteiger partial charge in [-0.2, -0.15) is 0 Å². The van der Waals surface area contributed by atoms with E-state index in [0.29, 0.717) is 0 Å². The maximum Gasteiger partial charge on any atom is 0.289 e. The lowest BCUT2D eigenvalue weighted by Crippen LogP contribution is -2.29. The van der Waals surface area contributed by atoms with Crippen molar-refractivity contribution in [2.45, 2.75) is 24.8 Å². The van der Waals surface area contributed by atoms with Crippen molar-refractivity contribution in [3.8, 4) is 0 Å². The molecule has 10 heteroatoms. The van der Waals surface area contributed by atoms with Crippen LogP contribution >= 0.6 is 0 Å². The summed E-state index contributed by atoms with van der Waals surface area (Å²) in [5.74, 6) is 5.19. The zero-order valence-electron chi connectivity index (χ0n) is 11.7. The zero-order valence-corrected chi connectivity index (χ0v) is 12.5. The second-order valence-corrected chi connectivity index (χ2v) is 6.14. The van der Waals surface area contributed by atoms with E-state index in [-0.39, 0.29) is 24.9 Å². The maximum absolute atomic E-state index is 12.1. The lowest BCUT2D eigenvalue weighted by Gasteiger charge is -2.10. The summed E-state index contributed by atoms with van der Waals surface area (Å²) in [4.78, 5) is 9.71. The number of benzene rings is 1. The van der Waals surface area contributed by atoms with Crippen LogP contribution in [-0.4, -0.2) is 32.6 Å². The van der Waals surface area contributed by atoms with Gasteiger partial charge in [0.05, 0.1) is 23.3 Å². The van der Waals surface area contributed by atoms with Crippen LogP contribution in [0.4, 0.5) is 11.4 Å². The Morgan fingerprint density at radius 1 is 1.43 bits per heavy atom. The van der Waals surface area contributed by atoms with Crippen LogP contribution < -0.4 is 16.0 Å². The molecule has 0 fully saturated rings. The molecule has 0 aliphatic carbocycles. The molecule has 0 saturated carbocycles. The highest BCUT2D eigenvalue weighted by Crippen LogP contribution is 2.26. The average molecular weight is 318 g/mol. The summed E-state index contributed by atoms with van der Waals surface area (Å²) in [5, 5.41) is 10.9. The Bertz CT molecular complexity index is 603. The van der Waals surface area contributed by atoms with Crippen molar-refractivity contribution in [3.63, 3.8) is 0 Å². The zero-order chi connectivity index (χ0) is 16.0. The molecule has 4 N–H and O–H groups in total. The Morgan fingerprint density at radius 3 is 2.62 bits per heavy atom. The standard InChI is InChI=1S/C11H18N4O5S/c1-8(2)20-6-5-13-21(18,19)11-7-9(14-12)3-4-10(11)15(16)17/h3-4,7-8,13-14H,5-6,12H2,1-2H3. The van der Waals surface area contributed by atoms with Gasteiger partial charge in [-0.05, 0) is 26.0 Å². The van der Waals surface area contributed by atoms with Gasteiger partial charge in [0.2, 0.25) is 10.0 Å². The van der Waals surface area contributed by atoms with Crippen LogP contribution in [0.25, 0.3) is 0 Å². The quantitative estimate of drug-likeness (QED) is 0.276. The Balaban J connectivity index is 2.97. The number of nitrogens with zero attached hydrogens (tertiary/aromatic N) is 1. The van der Waals surface area contributed by atoms with Crippen molar-refractivity contribution in [1.82, 2.24) is 4.72 Å². The lowest BCUT2D eigenvalue weighted by atomic mass is 10.3. The largest absolute Gasteiger partial charge is 0.377 e. The fraction of sp³-hybridized carbons (Fsp3) is 0.455. The SMILES string of the molecule is CC(C)OCCNS(=O)(=O)c1cc(NN)ccc1[N+](=O)[O-]. The number of hydrogen-bond acceptors (Lipinski definition) is 7. The van der Waals surface area contributed by atoms with E-state index in [1.807, 2.05) is 13.8 Å². The number of nitro groups is 1. The highest BCUT2D eigenvalue weighted by molar-refractivity contribution is 7.89. The van der Waals surface area contributed by atoms with Gasteiger partial charge in [0.15, 0.2) is 4.90 Å². The first-order valence-corrected chi connectivity index (χ1v) is 7.62. The predicted molar refractivity (Wildman–Crippen MR) is 77.2 cm³/mol. The van der Waals surface area contributed by atoms with Crippen LogP contribution in [-0.2, 0) is 14.8 Å². The van der Waals surface area contributed by atoms with Crippen LogP contribution in [0, 0.1) is 10.1 Å². The van der Waals surface area contributed by atoms with Gasteiger partial charge >= 0.3 is 0 Å². The van der Waals surface area contributed by atoms with Gasteiger partial charge < -0.3 is 10.2 Å². The molecular weight excluding hydrogens is 300 g/mol. The summed E-state index contributed by atoms with van der Waals surface area (Å²) in [6.45, 7) is 3.81. The minimum absolute atomic E-state index is 0.0119. The molecule has 0 heterocycles. The highest BCUT2D eigenvalue weighted by Gasteiger charge is 2.25. The molecule has 0 spiro atoms. The number of nitrogens with two attached hydrogens (primary N) is 1. The van der Waals surface area contributed by atoms with Gasteiger partial charge in [0.1, 0.15) is 0 Å². The van der Waals surface area contributed by atoms with E-state index >= 15 is 0 Å². The van der Waals surface area contributed by atoms with E-state index in [0.717, 1.165) is 12.1 Å². The summed E-state index contributed by atoms with van der Waals surface area (Å²) in [6.07, 6.45) is -0.0337. The Labute approximate surface area is 122 Å². The second kappa shape index (κ2) is 7.31. The van der Waals surface area contributed by atoms with Gasteiger partial charge in [-0.25, -0.2) is 13.1 Å². The first kappa shape index (κ1) is 17.3. The van der Waals surface area contributed by atoms with Gasteiger partial charge in [-0.15, -0.1) is 0 Å². The van der Waals surface area contributed by atoms with Crippen LogP contribution in [0.3, 0.4) is 0 Å². The Morgan fingerprint density at radius 2 is 2.10 bits per heavy atom. The number of sulfonamides is 1. The Hall–Kier alpha value is -1.75. The van der Waals surface area contributed by atoms with Crippen molar-refractivity contribution >= 4 is 21.4 Å². The topological polar surface area (TPSA) is 137 Å². The van der Waals surface area contributed by atoms with Gasteiger partial charge in [0.25, 0.3) is 5.69 Å². The summed E-state index contributed by atoms with van der Waals surface area (Å²) in [6, 6.07) is 3.50. The first-order valence-electron chi connectivity index (χ1n) is 6.14. The number of nitrogen functional groups attached to an aromatic ring is 1. The third-order valence-corrected chi connectivity index (χ3v) is 3.95. The van der Waals surface area contributed by atoms with Crippen LogP contribution in [0.1, 0.15) is 13.8 Å². The number of ether oxygens (including phenoxy) is 1. The number of hydrazine groups is 1. The van der Waals surface area contributed by atoms with Crippen molar-refractivity contribution < 1.29 is 18.1 Å². The number of nitro benzene ring substituents is 1. The monoisotopic (exact) mass is 318 g/mol. The molecule has 0 unspecified atom stereocenters. The van der Waals surface area contributed by atoms with Gasteiger partial charge in [-0.1, -0.05) is 0 Å². The molecule has 0 amide bonds. The van der Waals surface area contributed by atoms with Crippen molar-refractivity contribution in [2.24, 2.45) is 5.84 Å². The van der Waals surface area contributed by atoms with E-state index in [4.69, 9.17) is 10.6 Å². The van der Waals surface area contributed by atoms with Crippen molar-refractivity contribution in [2.75, 3.05) is 18.6 Å². The van der Waals surface area contributed by atoms with Crippen LogP contribution in [0.5, 0.6) is 0 Å². The van der Waals surface area contributed by atoms with Gasteiger partial charge in [-0.3, -0.25) is 16.0 Å². The van der Waals surface area contributed by atoms with E-state index < -0.39 is 25.5 Å². The molecule has 0 aliphatic heterocycles. The molecule has 1 rings (SSSR count). The molecule has 0 bridgehead atoms. The molecule has 118 valence electrons. The normalized spacial score (nSPS) is 11.6. The lowest BCUT2D eigenvalue weighted by molar-refractivity contribution is -0.387. The van der Waals surface area contributed by atoms with Gasteiger partial charge in [0, 0.05) is 12.6 Å². The van der Waals surface area contributed by atoms with Crippen molar-refractivity contribution in [3.05, 3.63) is 28.3 Å². The average Bonchev–Trinajstić information content (AvgIpc) is 2.42. The highest BCUT2D eigenvalue weighted by atomic mass is 32.2. The molecule has 9 nitrogen and oxygen atoms in total. The van der Waals surface area contributed by atoms with E-state index in [1.54, 1.807) is 0 Å². The molecule has 0 aliphatic rings. The molecule has 0 saturated heterocycles. The smallest absolute Gasteiger partial charge is 0.289 e. The first-order chi connectivity index (χ1) is 9.77. The minimum atomic E-state index is -4.03. The van der Waals surface area contributed by atoms with E-state index in [2.05, 4.69) is 10.1 Å². The third kappa shape index (κ3) is 4.93. The molecule has 0 aromatic heterocycles. The summed E-state index contributed by atoms with van der Waals surface area (Å²) >= 11 is 0. The fourth-order valence-corrected chi connectivity index (χ4v) is 2.73. The predicted octanol–water partition coefficient (Wildman–Crippen LogP) is 0.584. The summed E-state index contributed by atoms with van der Waals surface area (Å²) in [7, 11) is -4.03. The molecule has 21 heavy (non-hydrogen) atoms. The fourth-order valence-electron chi connectivity index (χ4n) is 1.52.